The van der Waals surface area contributed by atoms with Crippen molar-refractivity contribution in [3.05, 3.63) is 0 Å². The SMILES string of the molecule is CCCCO[Si](C)(C)CC(C)CS. The first-order chi connectivity index (χ1) is 6.02. The molecule has 0 N–H and O–H groups in total. The van der Waals surface area contributed by atoms with Crippen LogP contribution < -0.4 is 0 Å². The highest BCUT2D eigenvalue weighted by Crippen LogP contribution is 2.19. The van der Waals surface area contributed by atoms with Gasteiger partial charge in [-0.2, -0.15) is 12.6 Å². The zero-order valence-corrected chi connectivity index (χ0v) is 11.4. The molecule has 0 aromatic rings. The smallest absolute Gasteiger partial charge is 0.187 e. The summed E-state index contributed by atoms with van der Waals surface area (Å²) in [5.74, 6) is 1.68. The van der Waals surface area contributed by atoms with Gasteiger partial charge < -0.3 is 4.43 Å². The Kier molecular flexibility index (Phi) is 7.18. The Labute approximate surface area is 89.8 Å². The van der Waals surface area contributed by atoms with Crippen LogP contribution in [0.4, 0.5) is 0 Å². The largest absolute Gasteiger partial charge is 0.417 e. The molecule has 0 bridgehead atoms. The fraction of sp³-hybridized carbons (Fsp3) is 1.00. The van der Waals surface area contributed by atoms with Crippen LogP contribution in [0, 0.1) is 5.92 Å². The standard InChI is InChI=1S/C10H24OSSi/c1-5-6-7-11-13(3,4)9-10(2)8-12/h10,12H,5-9H2,1-4H3. The molecule has 0 saturated heterocycles. The van der Waals surface area contributed by atoms with E-state index in [2.05, 4.69) is 39.6 Å². The fourth-order valence-corrected chi connectivity index (χ4v) is 4.46. The molecule has 3 heteroatoms. The summed E-state index contributed by atoms with van der Waals surface area (Å²) in [6, 6.07) is 1.24. The lowest BCUT2D eigenvalue weighted by atomic mass is 10.3. The van der Waals surface area contributed by atoms with Crippen molar-refractivity contribution in [3.8, 4) is 0 Å². The summed E-state index contributed by atoms with van der Waals surface area (Å²) in [5.41, 5.74) is 0. The number of thiol groups is 1. The minimum Gasteiger partial charge on any atom is -0.417 e. The fourth-order valence-electron chi connectivity index (χ4n) is 1.46. The van der Waals surface area contributed by atoms with Gasteiger partial charge in [0.2, 0.25) is 0 Å². The van der Waals surface area contributed by atoms with Crippen LogP contribution in [0.25, 0.3) is 0 Å². The molecule has 0 spiro atoms. The van der Waals surface area contributed by atoms with Crippen LogP contribution in [0.2, 0.25) is 19.1 Å². The molecule has 1 unspecified atom stereocenters. The van der Waals surface area contributed by atoms with Crippen LogP contribution in [0.5, 0.6) is 0 Å². The average Bonchev–Trinajstić information content (AvgIpc) is 2.03. The first kappa shape index (κ1) is 13.5. The summed E-state index contributed by atoms with van der Waals surface area (Å²) < 4.78 is 5.95. The molecule has 0 aliphatic carbocycles. The molecule has 0 saturated carbocycles. The molecule has 0 heterocycles. The van der Waals surface area contributed by atoms with Crippen LogP contribution in [0.3, 0.4) is 0 Å². The second-order valence-electron chi connectivity index (χ2n) is 4.45. The summed E-state index contributed by atoms with van der Waals surface area (Å²) in [6.07, 6.45) is 2.43. The van der Waals surface area contributed by atoms with E-state index in [1.54, 1.807) is 0 Å². The van der Waals surface area contributed by atoms with Crippen molar-refractivity contribution in [2.75, 3.05) is 12.4 Å². The maximum Gasteiger partial charge on any atom is 0.187 e. The minimum atomic E-state index is -1.37. The van der Waals surface area contributed by atoms with E-state index >= 15 is 0 Å². The second-order valence-corrected chi connectivity index (χ2v) is 9.04. The molecule has 1 atom stereocenters. The number of hydrogen-bond acceptors (Lipinski definition) is 2. The Bertz CT molecular complexity index is 128. The third-order valence-corrected chi connectivity index (χ3v) is 5.43. The number of hydrogen-bond donors (Lipinski definition) is 1. The predicted molar refractivity (Wildman–Crippen MR) is 66.2 cm³/mol. The van der Waals surface area contributed by atoms with Gasteiger partial charge in [0.15, 0.2) is 8.32 Å². The lowest BCUT2D eigenvalue weighted by molar-refractivity contribution is 0.295. The summed E-state index contributed by atoms with van der Waals surface area (Å²) in [6.45, 7) is 10.0. The van der Waals surface area contributed by atoms with Crippen LogP contribution >= 0.6 is 12.6 Å². The van der Waals surface area contributed by atoms with E-state index in [0.29, 0.717) is 5.92 Å². The lowest BCUT2D eigenvalue weighted by Crippen LogP contribution is -2.33. The first-order valence-corrected chi connectivity index (χ1v) is 9.01. The average molecular weight is 220 g/mol. The summed E-state index contributed by atoms with van der Waals surface area (Å²) >= 11 is 4.30. The molecule has 0 radical (unpaired) electrons. The van der Waals surface area contributed by atoms with Gasteiger partial charge >= 0.3 is 0 Å². The van der Waals surface area contributed by atoms with Gasteiger partial charge in [0.05, 0.1) is 0 Å². The van der Waals surface area contributed by atoms with Gasteiger partial charge in [-0.3, -0.25) is 0 Å². The van der Waals surface area contributed by atoms with Crippen molar-refractivity contribution in [2.45, 2.75) is 45.8 Å². The van der Waals surface area contributed by atoms with Crippen LogP contribution in [0.15, 0.2) is 0 Å². The van der Waals surface area contributed by atoms with Gasteiger partial charge in [0.1, 0.15) is 0 Å². The van der Waals surface area contributed by atoms with Crippen molar-refractivity contribution in [1.82, 2.24) is 0 Å². The van der Waals surface area contributed by atoms with Gasteiger partial charge in [-0.05, 0) is 37.2 Å². The minimum absolute atomic E-state index is 0.701. The molecule has 1 nitrogen and oxygen atoms in total. The molecule has 0 aromatic carbocycles. The van der Waals surface area contributed by atoms with Gasteiger partial charge in [-0.25, -0.2) is 0 Å². The van der Waals surface area contributed by atoms with E-state index in [4.69, 9.17) is 4.43 Å². The Balaban J connectivity index is 3.65. The molecule has 0 rings (SSSR count). The molecule has 0 aliphatic heterocycles. The predicted octanol–water partition coefficient (Wildman–Crippen LogP) is 3.57. The maximum atomic E-state index is 5.95. The lowest BCUT2D eigenvalue weighted by Gasteiger charge is -2.25. The molecule has 80 valence electrons. The quantitative estimate of drug-likeness (QED) is 0.392. The molecule has 0 amide bonds. The van der Waals surface area contributed by atoms with Crippen LogP contribution in [0.1, 0.15) is 26.7 Å². The highest BCUT2D eigenvalue weighted by atomic mass is 32.1. The van der Waals surface area contributed by atoms with Gasteiger partial charge in [0, 0.05) is 6.61 Å². The van der Waals surface area contributed by atoms with Gasteiger partial charge in [-0.1, -0.05) is 20.3 Å². The molecular formula is C10H24OSSi. The summed E-state index contributed by atoms with van der Waals surface area (Å²) in [5, 5.41) is 0. The molecular weight excluding hydrogens is 196 g/mol. The van der Waals surface area contributed by atoms with E-state index in [1.807, 2.05) is 0 Å². The highest BCUT2D eigenvalue weighted by Gasteiger charge is 2.24. The number of rotatable bonds is 7. The molecule has 13 heavy (non-hydrogen) atoms. The van der Waals surface area contributed by atoms with Crippen LogP contribution in [-0.4, -0.2) is 20.7 Å². The monoisotopic (exact) mass is 220 g/mol. The zero-order chi connectivity index (χ0) is 10.3. The Morgan fingerprint density at radius 3 is 2.46 bits per heavy atom. The third kappa shape index (κ3) is 7.59. The van der Waals surface area contributed by atoms with Crippen molar-refractivity contribution >= 4 is 20.9 Å². The zero-order valence-electron chi connectivity index (χ0n) is 9.47. The summed E-state index contributed by atoms with van der Waals surface area (Å²) in [7, 11) is -1.37. The Hall–Kier alpha value is 0.527. The van der Waals surface area contributed by atoms with Gasteiger partial charge in [-0.15, -0.1) is 0 Å². The van der Waals surface area contributed by atoms with Crippen molar-refractivity contribution in [3.63, 3.8) is 0 Å². The normalized spacial score (nSPS) is 14.5. The van der Waals surface area contributed by atoms with E-state index < -0.39 is 8.32 Å². The molecule has 0 aliphatic rings. The van der Waals surface area contributed by atoms with Crippen LogP contribution in [-0.2, 0) is 4.43 Å². The van der Waals surface area contributed by atoms with Crippen molar-refractivity contribution in [1.29, 1.82) is 0 Å². The van der Waals surface area contributed by atoms with E-state index in [-0.39, 0.29) is 0 Å². The molecule has 0 fully saturated rings. The summed E-state index contributed by atoms with van der Waals surface area (Å²) in [4.78, 5) is 0. The van der Waals surface area contributed by atoms with E-state index in [9.17, 15) is 0 Å². The highest BCUT2D eigenvalue weighted by molar-refractivity contribution is 7.80. The van der Waals surface area contributed by atoms with Gasteiger partial charge in [0.25, 0.3) is 0 Å². The topological polar surface area (TPSA) is 9.23 Å². The van der Waals surface area contributed by atoms with Crippen molar-refractivity contribution in [2.24, 2.45) is 5.92 Å². The van der Waals surface area contributed by atoms with Crippen molar-refractivity contribution < 1.29 is 4.43 Å². The Morgan fingerprint density at radius 2 is 2.00 bits per heavy atom. The maximum absolute atomic E-state index is 5.95. The number of unbranched alkanes of at least 4 members (excludes halogenated alkanes) is 1. The van der Waals surface area contributed by atoms with E-state index in [1.165, 1.54) is 18.9 Å². The Morgan fingerprint density at radius 1 is 1.38 bits per heavy atom. The first-order valence-electron chi connectivity index (χ1n) is 5.26. The second kappa shape index (κ2) is 6.90. The van der Waals surface area contributed by atoms with E-state index in [0.717, 1.165) is 12.4 Å². The molecule has 0 aromatic heterocycles. The third-order valence-electron chi connectivity index (χ3n) is 2.14.